The lowest BCUT2D eigenvalue weighted by Gasteiger charge is -2.17. The Morgan fingerprint density at radius 2 is 1.83 bits per heavy atom. The van der Waals surface area contributed by atoms with Crippen molar-refractivity contribution in [3.05, 3.63) is 66.0 Å². The fraction of sp³-hybridized carbons (Fsp3) is 0.263. The molecule has 1 atom stereocenters. The Balaban J connectivity index is 1.52. The topological polar surface area (TPSA) is 49.4 Å². The Kier molecular flexibility index (Phi) is 4.89. The number of hydrogen-bond acceptors (Lipinski definition) is 2. The van der Waals surface area contributed by atoms with Gasteiger partial charge in [-0.3, -0.25) is 9.59 Å². The van der Waals surface area contributed by atoms with Crippen molar-refractivity contribution in [2.45, 2.75) is 25.3 Å². The first-order valence-electron chi connectivity index (χ1n) is 8.01. The predicted molar refractivity (Wildman–Crippen MR) is 90.1 cm³/mol. The van der Waals surface area contributed by atoms with Crippen LogP contribution < -0.4 is 10.2 Å². The highest BCUT2D eigenvalue weighted by atomic mass is 19.1. The van der Waals surface area contributed by atoms with Crippen LogP contribution in [0.1, 0.15) is 18.4 Å². The van der Waals surface area contributed by atoms with Gasteiger partial charge in [-0.25, -0.2) is 4.39 Å². The van der Waals surface area contributed by atoms with Crippen LogP contribution in [0.15, 0.2) is 54.6 Å². The maximum Gasteiger partial charge on any atom is 0.229 e. The van der Waals surface area contributed by atoms with Crippen molar-refractivity contribution in [1.82, 2.24) is 5.32 Å². The number of carbonyl (C=O) groups is 2. The summed E-state index contributed by atoms with van der Waals surface area (Å²) in [5, 5.41) is 2.92. The lowest BCUT2D eigenvalue weighted by Crippen LogP contribution is -2.37. The van der Waals surface area contributed by atoms with Gasteiger partial charge in [0.1, 0.15) is 5.82 Å². The van der Waals surface area contributed by atoms with Gasteiger partial charge in [0.05, 0.1) is 6.04 Å². The molecule has 0 saturated carbocycles. The number of halogens is 1. The largest absolute Gasteiger partial charge is 0.351 e. The van der Waals surface area contributed by atoms with Gasteiger partial charge >= 0.3 is 0 Å². The lowest BCUT2D eigenvalue weighted by molar-refractivity contribution is -0.121. The van der Waals surface area contributed by atoms with E-state index in [0.29, 0.717) is 25.1 Å². The molecule has 1 unspecified atom stereocenters. The summed E-state index contributed by atoms with van der Waals surface area (Å²) in [7, 11) is 0. The van der Waals surface area contributed by atoms with Crippen molar-refractivity contribution >= 4 is 17.5 Å². The second-order valence-corrected chi connectivity index (χ2v) is 5.93. The molecule has 3 rings (SSSR count). The molecule has 0 aromatic heterocycles. The lowest BCUT2D eigenvalue weighted by atomic mass is 10.1. The molecule has 4 nitrogen and oxygen atoms in total. The van der Waals surface area contributed by atoms with E-state index in [1.807, 2.05) is 30.3 Å². The van der Waals surface area contributed by atoms with Crippen LogP contribution in [-0.4, -0.2) is 24.4 Å². The molecule has 0 aliphatic carbocycles. The number of hydrogen-bond donors (Lipinski definition) is 1. The van der Waals surface area contributed by atoms with Gasteiger partial charge in [-0.1, -0.05) is 30.3 Å². The van der Waals surface area contributed by atoms with Gasteiger partial charge in [0.15, 0.2) is 0 Å². The minimum absolute atomic E-state index is 0.0578. The van der Waals surface area contributed by atoms with E-state index in [0.717, 1.165) is 5.56 Å². The molecule has 24 heavy (non-hydrogen) atoms. The van der Waals surface area contributed by atoms with E-state index in [4.69, 9.17) is 0 Å². The van der Waals surface area contributed by atoms with Crippen molar-refractivity contribution in [2.75, 3.05) is 11.4 Å². The molecule has 1 fully saturated rings. The number of nitrogens with one attached hydrogen (secondary N) is 1. The average Bonchev–Trinajstić information content (AvgIpc) is 2.95. The Morgan fingerprint density at radius 3 is 2.54 bits per heavy atom. The maximum atomic E-state index is 13.0. The zero-order valence-electron chi connectivity index (χ0n) is 13.2. The number of benzene rings is 2. The van der Waals surface area contributed by atoms with Gasteiger partial charge in [-0.15, -0.1) is 0 Å². The smallest absolute Gasteiger partial charge is 0.229 e. The number of aryl methyl sites for hydroxylation is 1. The molecule has 1 saturated heterocycles. The van der Waals surface area contributed by atoms with E-state index >= 15 is 0 Å². The number of anilines is 1. The van der Waals surface area contributed by atoms with Crippen LogP contribution in [0.4, 0.5) is 10.1 Å². The summed E-state index contributed by atoms with van der Waals surface area (Å²) in [5.74, 6) is -0.455. The number of amides is 2. The standard InChI is InChI=1S/C19H19FN2O2/c20-15-7-9-17(10-8-15)22-13-16(12-19(22)24)21-18(23)11-6-14-4-2-1-3-5-14/h1-5,7-10,16H,6,11-13H2,(H,21,23). The van der Waals surface area contributed by atoms with Gasteiger partial charge in [-0.2, -0.15) is 0 Å². The fourth-order valence-corrected chi connectivity index (χ4v) is 2.88. The number of nitrogens with zero attached hydrogens (tertiary/aromatic N) is 1. The first kappa shape index (κ1) is 16.2. The molecule has 2 amide bonds. The molecule has 0 spiro atoms. The Morgan fingerprint density at radius 1 is 1.12 bits per heavy atom. The Labute approximate surface area is 140 Å². The van der Waals surface area contributed by atoms with Crippen LogP contribution in [-0.2, 0) is 16.0 Å². The van der Waals surface area contributed by atoms with Crippen LogP contribution >= 0.6 is 0 Å². The quantitative estimate of drug-likeness (QED) is 0.918. The molecule has 1 heterocycles. The van der Waals surface area contributed by atoms with E-state index in [-0.39, 0.29) is 30.1 Å². The predicted octanol–water partition coefficient (Wildman–Crippen LogP) is 2.68. The van der Waals surface area contributed by atoms with Crippen LogP contribution in [0, 0.1) is 5.82 Å². The summed E-state index contributed by atoms with van der Waals surface area (Å²) < 4.78 is 13.0. The van der Waals surface area contributed by atoms with Gasteiger partial charge in [-0.05, 0) is 36.2 Å². The van der Waals surface area contributed by atoms with Crippen LogP contribution in [0.5, 0.6) is 0 Å². The Hall–Kier alpha value is -2.69. The number of carbonyl (C=O) groups excluding carboxylic acids is 2. The van der Waals surface area contributed by atoms with Gasteiger partial charge in [0.2, 0.25) is 11.8 Å². The monoisotopic (exact) mass is 326 g/mol. The van der Waals surface area contributed by atoms with E-state index < -0.39 is 0 Å². The molecule has 2 aromatic rings. The second-order valence-electron chi connectivity index (χ2n) is 5.93. The van der Waals surface area contributed by atoms with Gasteiger partial charge in [0, 0.05) is 25.1 Å². The molecule has 0 bridgehead atoms. The molecule has 124 valence electrons. The highest BCUT2D eigenvalue weighted by Crippen LogP contribution is 2.21. The first-order valence-corrected chi connectivity index (χ1v) is 8.01. The molecule has 1 aliphatic rings. The molecule has 0 radical (unpaired) electrons. The maximum absolute atomic E-state index is 13.0. The molecule has 2 aromatic carbocycles. The molecule has 1 N–H and O–H groups in total. The highest BCUT2D eigenvalue weighted by Gasteiger charge is 2.31. The van der Waals surface area contributed by atoms with Crippen LogP contribution in [0.25, 0.3) is 0 Å². The molecule has 1 aliphatic heterocycles. The third kappa shape index (κ3) is 3.98. The molecular formula is C19H19FN2O2. The first-order chi connectivity index (χ1) is 11.6. The molecule has 5 heteroatoms. The average molecular weight is 326 g/mol. The number of rotatable bonds is 5. The van der Waals surface area contributed by atoms with Crippen molar-refractivity contribution in [3.8, 4) is 0 Å². The van der Waals surface area contributed by atoms with Crippen molar-refractivity contribution in [3.63, 3.8) is 0 Å². The van der Waals surface area contributed by atoms with Crippen molar-refractivity contribution in [1.29, 1.82) is 0 Å². The summed E-state index contributed by atoms with van der Waals surface area (Å²) in [6.45, 7) is 0.418. The second kappa shape index (κ2) is 7.25. The summed E-state index contributed by atoms with van der Waals surface area (Å²) in [6.07, 6.45) is 1.34. The molecular weight excluding hydrogens is 307 g/mol. The Bertz CT molecular complexity index is 716. The third-order valence-electron chi connectivity index (χ3n) is 4.11. The van der Waals surface area contributed by atoms with E-state index in [2.05, 4.69) is 5.32 Å². The fourth-order valence-electron chi connectivity index (χ4n) is 2.88. The zero-order valence-corrected chi connectivity index (χ0v) is 13.2. The third-order valence-corrected chi connectivity index (χ3v) is 4.11. The van der Waals surface area contributed by atoms with Gasteiger partial charge < -0.3 is 10.2 Å². The zero-order chi connectivity index (χ0) is 16.9. The minimum Gasteiger partial charge on any atom is -0.351 e. The van der Waals surface area contributed by atoms with Crippen molar-refractivity contribution < 1.29 is 14.0 Å². The van der Waals surface area contributed by atoms with Gasteiger partial charge in [0.25, 0.3) is 0 Å². The highest BCUT2D eigenvalue weighted by molar-refractivity contribution is 5.96. The summed E-state index contributed by atoms with van der Waals surface area (Å²) in [6, 6.07) is 15.4. The van der Waals surface area contributed by atoms with Crippen LogP contribution in [0.2, 0.25) is 0 Å². The van der Waals surface area contributed by atoms with E-state index in [1.165, 1.54) is 12.1 Å². The van der Waals surface area contributed by atoms with Crippen LogP contribution in [0.3, 0.4) is 0 Å². The van der Waals surface area contributed by atoms with E-state index in [1.54, 1.807) is 17.0 Å². The SMILES string of the molecule is O=C(CCc1ccccc1)NC1CC(=O)N(c2ccc(F)cc2)C1. The van der Waals surface area contributed by atoms with Crippen molar-refractivity contribution in [2.24, 2.45) is 0 Å². The summed E-state index contributed by atoms with van der Waals surface area (Å²) in [4.78, 5) is 25.8. The van der Waals surface area contributed by atoms with E-state index in [9.17, 15) is 14.0 Å². The summed E-state index contributed by atoms with van der Waals surface area (Å²) >= 11 is 0. The minimum atomic E-state index is -0.337. The summed E-state index contributed by atoms with van der Waals surface area (Å²) in [5.41, 5.74) is 1.77. The normalized spacial score (nSPS) is 17.1.